The Bertz CT molecular complexity index is 690. The number of rotatable bonds is 6. The molecule has 9 heteroatoms. The molecule has 116 valence electrons. The monoisotopic (exact) mass is 374 g/mol. The zero-order valence-electron chi connectivity index (χ0n) is 11.3. The molecule has 1 saturated carbocycles. The molecule has 1 aromatic heterocycles. The number of nitrogens with one attached hydrogen (secondary N) is 2. The molecule has 0 atom stereocenters. The molecule has 0 unspecified atom stereocenters. The molecule has 0 saturated heterocycles. The van der Waals surface area contributed by atoms with Crippen LogP contribution in [0, 0.1) is 0 Å². The molecular formula is C13H12Cl2N4OS2. The number of thioether (sulfide) groups is 1. The normalized spacial score (nSPS) is 13.9. The van der Waals surface area contributed by atoms with E-state index in [-0.39, 0.29) is 11.7 Å². The lowest BCUT2D eigenvalue weighted by atomic mass is 10.3. The van der Waals surface area contributed by atoms with Gasteiger partial charge in [0.25, 0.3) is 0 Å². The van der Waals surface area contributed by atoms with Crippen molar-refractivity contribution in [2.75, 3.05) is 16.4 Å². The standard InChI is InChI=1S/C13H12Cl2N4OS2/c14-8-2-1-3-9(11(8)15)17-10(20)6-21-13-19-18-12(22-13)16-7-4-5-7/h1-3,7H,4-6H2,(H,16,18)(H,17,20). The number of anilines is 2. The second-order valence-corrected chi connectivity index (χ2v) is 7.72. The van der Waals surface area contributed by atoms with Crippen molar-refractivity contribution in [1.29, 1.82) is 0 Å². The number of carbonyl (C=O) groups excluding carboxylic acids is 1. The highest BCUT2D eigenvalue weighted by Crippen LogP contribution is 2.31. The van der Waals surface area contributed by atoms with Crippen LogP contribution in [0.2, 0.25) is 10.0 Å². The minimum absolute atomic E-state index is 0.166. The Hall–Kier alpha value is -1.02. The molecule has 0 aliphatic heterocycles. The minimum atomic E-state index is -0.166. The van der Waals surface area contributed by atoms with Crippen LogP contribution >= 0.6 is 46.3 Å². The number of amides is 1. The van der Waals surface area contributed by atoms with Crippen molar-refractivity contribution in [3.8, 4) is 0 Å². The molecule has 0 bridgehead atoms. The van der Waals surface area contributed by atoms with Gasteiger partial charge in [0.1, 0.15) is 0 Å². The fourth-order valence-electron chi connectivity index (χ4n) is 1.64. The molecule has 1 aliphatic carbocycles. The Morgan fingerprint density at radius 3 is 2.95 bits per heavy atom. The number of hydrogen-bond donors (Lipinski definition) is 2. The Morgan fingerprint density at radius 2 is 2.18 bits per heavy atom. The Labute approximate surface area is 145 Å². The first-order valence-electron chi connectivity index (χ1n) is 6.58. The highest BCUT2D eigenvalue weighted by atomic mass is 35.5. The van der Waals surface area contributed by atoms with Gasteiger partial charge in [-0.25, -0.2) is 0 Å². The molecule has 2 N–H and O–H groups in total. The first-order valence-corrected chi connectivity index (χ1v) is 9.14. The number of aromatic nitrogens is 2. The number of carbonyl (C=O) groups is 1. The third-order valence-corrected chi connectivity index (χ3v) is 5.67. The highest BCUT2D eigenvalue weighted by molar-refractivity contribution is 8.01. The largest absolute Gasteiger partial charge is 0.357 e. The lowest BCUT2D eigenvalue weighted by Crippen LogP contribution is -2.14. The molecule has 1 aromatic carbocycles. The van der Waals surface area contributed by atoms with E-state index in [2.05, 4.69) is 20.8 Å². The summed E-state index contributed by atoms with van der Waals surface area (Å²) in [5, 5.41) is 15.7. The van der Waals surface area contributed by atoms with Gasteiger partial charge in [-0.3, -0.25) is 4.79 Å². The molecular weight excluding hydrogens is 363 g/mol. The predicted molar refractivity (Wildman–Crippen MR) is 92.4 cm³/mol. The lowest BCUT2D eigenvalue weighted by molar-refractivity contribution is -0.113. The van der Waals surface area contributed by atoms with Gasteiger partial charge >= 0.3 is 0 Å². The smallest absolute Gasteiger partial charge is 0.234 e. The van der Waals surface area contributed by atoms with E-state index in [1.807, 2.05) is 0 Å². The Balaban J connectivity index is 1.51. The summed E-state index contributed by atoms with van der Waals surface area (Å²) in [4.78, 5) is 12.0. The first-order chi connectivity index (χ1) is 10.6. The molecule has 1 fully saturated rings. The summed E-state index contributed by atoms with van der Waals surface area (Å²) in [6, 6.07) is 5.65. The third kappa shape index (κ3) is 4.25. The molecule has 1 aliphatic rings. The maximum absolute atomic E-state index is 12.0. The number of halogens is 2. The van der Waals surface area contributed by atoms with Crippen molar-refractivity contribution in [2.45, 2.75) is 23.2 Å². The fraction of sp³-hybridized carbons (Fsp3) is 0.308. The summed E-state index contributed by atoms with van der Waals surface area (Å²) in [6.07, 6.45) is 2.37. The summed E-state index contributed by atoms with van der Waals surface area (Å²) in [5.41, 5.74) is 0.508. The Kier molecular flexibility index (Phi) is 5.07. The van der Waals surface area contributed by atoms with Crippen LogP contribution in [0.5, 0.6) is 0 Å². The minimum Gasteiger partial charge on any atom is -0.357 e. The molecule has 3 rings (SSSR count). The molecule has 22 heavy (non-hydrogen) atoms. The summed E-state index contributed by atoms with van der Waals surface area (Å²) in [7, 11) is 0. The quantitative estimate of drug-likeness (QED) is 0.743. The maximum atomic E-state index is 12.0. The van der Waals surface area contributed by atoms with Crippen molar-refractivity contribution >= 4 is 63.0 Å². The van der Waals surface area contributed by atoms with Gasteiger partial charge in [-0.05, 0) is 25.0 Å². The van der Waals surface area contributed by atoms with Crippen LogP contribution < -0.4 is 10.6 Å². The number of hydrogen-bond acceptors (Lipinski definition) is 6. The first kappa shape index (κ1) is 15.9. The second-order valence-electron chi connectivity index (χ2n) is 4.73. The Morgan fingerprint density at radius 1 is 1.36 bits per heavy atom. The zero-order valence-corrected chi connectivity index (χ0v) is 14.5. The van der Waals surface area contributed by atoms with E-state index in [1.54, 1.807) is 18.2 Å². The van der Waals surface area contributed by atoms with Crippen molar-refractivity contribution in [3.05, 3.63) is 28.2 Å². The SMILES string of the molecule is O=C(CSc1nnc(NC2CC2)s1)Nc1cccc(Cl)c1Cl. The fourth-order valence-corrected chi connectivity index (χ4v) is 3.62. The van der Waals surface area contributed by atoms with E-state index in [4.69, 9.17) is 23.2 Å². The average molecular weight is 375 g/mol. The van der Waals surface area contributed by atoms with Gasteiger partial charge in [0, 0.05) is 6.04 Å². The molecule has 2 aromatic rings. The van der Waals surface area contributed by atoms with E-state index in [0.29, 0.717) is 21.8 Å². The maximum Gasteiger partial charge on any atom is 0.234 e. The summed E-state index contributed by atoms with van der Waals surface area (Å²) >= 11 is 14.7. The van der Waals surface area contributed by atoms with Gasteiger partial charge in [0.2, 0.25) is 11.0 Å². The lowest BCUT2D eigenvalue weighted by Gasteiger charge is -2.07. The van der Waals surface area contributed by atoms with E-state index in [1.165, 1.54) is 35.9 Å². The summed E-state index contributed by atoms with van der Waals surface area (Å²) < 4.78 is 0.760. The second kappa shape index (κ2) is 7.04. The van der Waals surface area contributed by atoms with Gasteiger partial charge in [0.05, 0.1) is 21.5 Å². The van der Waals surface area contributed by atoms with Crippen molar-refractivity contribution < 1.29 is 4.79 Å². The molecule has 5 nitrogen and oxygen atoms in total. The van der Waals surface area contributed by atoms with E-state index < -0.39 is 0 Å². The zero-order chi connectivity index (χ0) is 15.5. The van der Waals surface area contributed by atoms with Crippen LogP contribution in [0.4, 0.5) is 10.8 Å². The van der Waals surface area contributed by atoms with Gasteiger partial charge in [-0.15, -0.1) is 10.2 Å². The predicted octanol–water partition coefficient (Wildman–Crippen LogP) is 4.15. The van der Waals surface area contributed by atoms with Crippen LogP contribution in [0.1, 0.15) is 12.8 Å². The van der Waals surface area contributed by atoms with Crippen LogP contribution in [-0.4, -0.2) is 27.9 Å². The third-order valence-electron chi connectivity index (χ3n) is 2.86. The molecule has 0 spiro atoms. The van der Waals surface area contributed by atoms with Crippen LogP contribution in [0.25, 0.3) is 0 Å². The summed E-state index contributed by atoms with van der Waals surface area (Å²) in [5.74, 6) is 0.0713. The summed E-state index contributed by atoms with van der Waals surface area (Å²) in [6.45, 7) is 0. The van der Waals surface area contributed by atoms with E-state index in [9.17, 15) is 4.79 Å². The van der Waals surface area contributed by atoms with Crippen molar-refractivity contribution in [1.82, 2.24) is 10.2 Å². The average Bonchev–Trinajstić information content (AvgIpc) is 3.19. The van der Waals surface area contributed by atoms with Gasteiger partial charge in [-0.1, -0.05) is 52.4 Å². The van der Waals surface area contributed by atoms with Crippen LogP contribution in [0.15, 0.2) is 22.5 Å². The molecule has 1 heterocycles. The number of nitrogens with zero attached hydrogens (tertiary/aromatic N) is 2. The van der Waals surface area contributed by atoms with Crippen molar-refractivity contribution in [3.63, 3.8) is 0 Å². The van der Waals surface area contributed by atoms with Crippen LogP contribution in [-0.2, 0) is 4.79 Å². The van der Waals surface area contributed by atoms with Crippen LogP contribution in [0.3, 0.4) is 0 Å². The molecule has 0 radical (unpaired) electrons. The van der Waals surface area contributed by atoms with E-state index >= 15 is 0 Å². The number of benzene rings is 1. The van der Waals surface area contributed by atoms with Gasteiger partial charge in [-0.2, -0.15) is 0 Å². The topological polar surface area (TPSA) is 66.9 Å². The highest BCUT2D eigenvalue weighted by Gasteiger charge is 2.22. The van der Waals surface area contributed by atoms with Crippen molar-refractivity contribution in [2.24, 2.45) is 0 Å². The van der Waals surface area contributed by atoms with Gasteiger partial charge in [0.15, 0.2) is 4.34 Å². The van der Waals surface area contributed by atoms with E-state index in [0.717, 1.165) is 9.47 Å². The van der Waals surface area contributed by atoms with Gasteiger partial charge < -0.3 is 10.6 Å². The molecule has 1 amide bonds.